The summed E-state index contributed by atoms with van der Waals surface area (Å²) in [5.74, 6) is -0.782. The molecule has 3 aromatic heterocycles. The Bertz CT molecular complexity index is 1290. The van der Waals surface area contributed by atoms with Crippen LogP contribution in [0.2, 0.25) is 5.02 Å². The highest BCUT2D eigenvalue weighted by Gasteiger charge is 2.23. The third-order valence-corrected chi connectivity index (χ3v) is 4.95. The zero-order chi connectivity index (χ0) is 22.8. The molecule has 13 heteroatoms. The molecule has 4 aromatic rings. The fraction of sp³-hybridized carbons (Fsp3) is 0.158. The average molecular weight is 460 g/mol. The molecular formula is C19H15ClFN7O4. The maximum Gasteiger partial charge on any atom is 0.389 e. The maximum absolute atomic E-state index is 14.0. The summed E-state index contributed by atoms with van der Waals surface area (Å²) >= 11 is 6.04. The first-order valence-electron chi connectivity index (χ1n) is 9.22. The van der Waals surface area contributed by atoms with Crippen molar-refractivity contribution in [3.05, 3.63) is 86.3 Å². The third kappa shape index (κ3) is 4.34. The second-order valence-corrected chi connectivity index (χ2v) is 7.15. The van der Waals surface area contributed by atoms with E-state index in [1.807, 2.05) is 0 Å². The van der Waals surface area contributed by atoms with Gasteiger partial charge >= 0.3 is 5.82 Å². The lowest BCUT2D eigenvalue weighted by atomic mass is 10.2. The van der Waals surface area contributed by atoms with Crippen molar-refractivity contribution in [2.24, 2.45) is 0 Å². The van der Waals surface area contributed by atoms with Gasteiger partial charge in [-0.05, 0) is 24.0 Å². The monoisotopic (exact) mass is 459 g/mol. The van der Waals surface area contributed by atoms with Crippen LogP contribution >= 0.6 is 11.6 Å². The largest absolute Gasteiger partial charge is 0.389 e. The van der Waals surface area contributed by atoms with Crippen molar-refractivity contribution < 1.29 is 18.6 Å². The zero-order valence-electron chi connectivity index (χ0n) is 16.5. The number of nitrogens with zero attached hydrogens (tertiary/aromatic N) is 6. The molecule has 1 N–H and O–H groups in total. The van der Waals surface area contributed by atoms with Crippen LogP contribution in [0, 0.1) is 22.9 Å². The summed E-state index contributed by atoms with van der Waals surface area (Å²) in [6.45, 7) is 1.74. The molecule has 164 valence electrons. The molecule has 0 unspecified atom stereocenters. The first-order valence-corrected chi connectivity index (χ1v) is 9.60. The Morgan fingerprint density at radius 3 is 2.62 bits per heavy atom. The van der Waals surface area contributed by atoms with E-state index < -0.39 is 16.6 Å². The van der Waals surface area contributed by atoms with Gasteiger partial charge in [-0.3, -0.25) is 9.48 Å². The van der Waals surface area contributed by atoms with Gasteiger partial charge in [0, 0.05) is 22.8 Å². The molecule has 0 bridgehead atoms. The molecular weight excluding hydrogens is 445 g/mol. The molecule has 0 saturated carbocycles. The Kier molecular flexibility index (Phi) is 5.69. The molecule has 0 aliphatic heterocycles. The minimum absolute atomic E-state index is 0.00708. The average Bonchev–Trinajstić information content (AvgIpc) is 3.47. The highest BCUT2D eigenvalue weighted by Crippen LogP contribution is 2.21. The molecule has 0 saturated heterocycles. The van der Waals surface area contributed by atoms with Crippen LogP contribution in [0.1, 0.15) is 27.4 Å². The van der Waals surface area contributed by atoms with Gasteiger partial charge in [-0.15, -0.1) is 0 Å². The van der Waals surface area contributed by atoms with Crippen molar-refractivity contribution in [2.45, 2.75) is 20.0 Å². The van der Waals surface area contributed by atoms with Crippen LogP contribution in [0.25, 0.3) is 0 Å². The fourth-order valence-corrected chi connectivity index (χ4v) is 3.21. The van der Waals surface area contributed by atoms with Gasteiger partial charge in [-0.1, -0.05) is 22.8 Å². The van der Waals surface area contributed by atoms with Crippen molar-refractivity contribution >= 4 is 29.1 Å². The van der Waals surface area contributed by atoms with Crippen LogP contribution in [0.5, 0.6) is 0 Å². The Labute approximate surface area is 184 Å². The Morgan fingerprint density at radius 2 is 1.91 bits per heavy atom. The lowest BCUT2D eigenvalue weighted by Gasteiger charge is -2.06. The molecule has 4 rings (SSSR count). The molecule has 0 aliphatic rings. The van der Waals surface area contributed by atoms with Crippen molar-refractivity contribution in [3.63, 3.8) is 0 Å². The highest BCUT2D eigenvalue weighted by molar-refractivity contribution is 6.31. The number of amides is 1. The van der Waals surface area contributed by atoms with Gasteiger partial charge in [-0.2, -0.15) is 9.78 Å². The second-order valence-electron chi connectivity index (χ2n) is 6.75. The topological polar surface area (TPSA) is 134 Å². The quantitative estimate of drug-likeness (QED) is 0.330. The van der Waals surface area contributed by atoms with E-state index in [1.165, 1.54) is 39.8 Å². The van der Waals surface area contributed by atoms with Crippen LogP contribution in [0.3, 0.4) is 0 Å². The van der Waals surface area contributed by atoms with Gasteiger partial charge in [0.1, 0.15) is 11.6 Å². The first kappa shape index (κ1) is 21.2. The van der Waals surface area contributed by atoms with E-state index in [9.17, 15) is 19.3 Å². The van der Waals surface area contributed by atoms with Crippen molar-refractivity contribution in [3.8, 4) is 0 Å². The summed E-state index contributed by atoms with van der Waals surface area (Å²) in [5.41, 5.74) is 0.684. The smallest absolute Gasteiger partial charge is 0.361 e. The Balaban J connectivity index is 1.48. The Hall–Kier alpha value is -4.06. The number of nitro groups is 1. The van der Waals surface area contributed by atoms with Crippen molar-refractivity contribution in [2.75, 3.05) is 5.32 Å². The van der Waals surface area contributed by atoms with E-state index in [0.29, 0.717) is 11.3 Å². The highest BCUT2D eigenvalue weighted by atomic mass is 35.5. The van der Waals surface area contributed by atoms with E-state index >= 15 is 0 Å². The predicted octanol–water partition coefficient (Wildman–Crippen LogP) is 3.43. The molecule has 0 aliphatic carbocycles. The van der Waals surface area contributed by atoms with Gasteiger partial charge in [-0.25, -0.2) is 4.39 Å². The summed E-state index contributed by atoms with van der Waals surface area (Å²) in [6, 6.07) is 7.17. The molecule has 1 amide bonds. The second kappa shape index (κ2) is 8.59. The molecule has 32 heavy (non-hydrogen) atoms. The van der Waals surface area contributed by atoms with Crippen LogP contribution < -0.4 is 5.32 Å². The van der Waals surface area contributed by atoms with Crippen molar-refractivity contribution in [1.82, 2.24) is 24.7 Å². The number of carbonyl (C=O) groups excluding carboxylic acids is 1. The van der Waals surface area contributed by atoms with Crippen LogP contribution in [-0.4, -0.2) is 35.5 Å². The first-order chi connectivity index (χ1) is 15.3. The van der Waals surface area contributed by atoms with Gasteiger partial charge in [0.05, 0.1) is 36.0 Å². The lowest BCUT2D eigenvalue weighted by molar-refractivity contribution is -0.389. The number of rotatable bonds is 7. The number of aromatic nitrogens is 5. The number of hydrogen-bond acceptors (Lipinski definition) is 7. The number of aryl methyl sites for hydroxylation is 1. The van der Waals surface area contributed by atoms with E-state index in [4.69, 9.17) is 16.1 Å². The molecule has 0 atom stereocenters. The van der Waals surface area contributed by atoms with Crippen LogP contribution in [0.4, 0.5) is 16.0 Å². The summed E-state index contributed by atoms with van der Waals surface area (Å²) < 4.78 is 21.8. The van der Waals surface area contributed by atoms with Crippen LogP contribution in [0.15, 0.2) is 47.2 Å². The zero-order valence-corrected chi connectivity index (χ0v) is 17.3. The summed E-state index contributed by atoms with van der Waals surface area (Å²) in [7, 11) is 0. The lowest BCUT2D eigenvalue weighted by Crippen LogP contribution is -2.16. The number of hydrogen-bond donors (Lipinski definition) is 1. The maximum atomic E-state index is 14.0. The number of benzene rings is 1. The van der Waals surface area contributed by atoms with E-state index in [0.717, 1.165) is 0 Å². The SMILES string of the molecule is Cc1onc(C(=O)Nc2ccn(Cc3c(F)cccc3Cl)n2)c1Cn1ccc([N+](=O)[O-])n1. The van der Waals surface area contributed by atoms with E-state index in [1.54, 1.807) is 19.2 Å². The number of nitrogens with one attached hydrogen (secondary N) is 1. The molecule has 0 fully saturated rings. The molecule has 11 nitrogen and oxygen atoms in total. The Morgan fingerprint density at radius 1 is 1.19 bits per heavy atom. The molecule has 3 heterocycles. The molecule has 0 radical (unpaired) electrons. The molecule has 0 spiro atoms. The standard InChI is InChI=1S/C19H15ClFN7O4/c1-11-12(9-27-8-6-17(24-27)28(30)31)18(25-32-11)19(29)22-16-5-7-26(23-16)10-13-14(20)3-2-4-15(13)21/h2-8H,9-10H2,1H3,(H,22,23,29). The summed E-state index contributed by atoms with van der Waals surface area (Å²) in [4.78, 5) is 22.9. The van der Waals surface area contributed by atoms with Crippen molar-refractivity contribution in [1.29, 1.82) is 0 Å². The molecule has 1 aromatic carbocycles. The third-order valence-electron chi connectivity index (χ3n) is 4.60. The normalized spacial score (nSPS) is 11.0. The minimum atomic E-state index is -0.616. The number of carbonyl (C=O) groups is 1. The van der Waals surface area contributed by atoms with Gasteiger partial charge in [0.25, 0.3) is 5.91 Å². The van der Waals surface area contributed by atoms with Gasteiger partial charge in [0.2, 0.25) is 0 Å². The number of halogens is 2. The fourth-order valence-electron chi connectivity index (χ4n) is 2.99. The van der Waals surface area contributed by atoms with Crippen LogP contribution in [-0.2, 0) is 13.1 Å². The predicted molar refractivity (Wildman–Crippen MR) is 110 cm³/mol. The minimum Gasteiger partial charge on any atom is -0.361 e. The van der Waals surface area contributed by atoms with E-state index in [2.05, 4.69) is 20.7 Å². The van der Waals surface area contributed by atoms with Gasteiger partial charge in [0.15, 0.2) is 11.5 Å². The number of anilines is 1. The summed E-state index contributed by atoms with van der Waals surface area (Å²) in [6.07, 6.45) is 2.98. The summed E-state index contributed by atoms with van der Waals surface area (Å²) in [5, 5.41) is 25.5. The van der Waals surface area contributed by atoms with E-state index in [-0.39, 0.29) is 41.0 Å². The van der Waals surface area contributed by atoms with Gasteiger partial charge < -0.3 is 20.0 Å².